The van der Waals surface area contributed by atoms with Crippen molar-refractivity contribution < 1.29 is 13.9 Å². The Morgan fingerprint density at radius 1 is 1.34 bits per heavy atom. The third kappa shape index (κ3) is 5.59. The zero-order chi connectivity index (χ0) is 21.2. The number of nitrogens with zero attached hydrogens (tertiary/aromatic N) is 4. The fourth-order valence-corrected chi connectivity index (χ4v) is 3.60. The Hall–Kier alpha value is -2.35. The molecule has 0 aliphatic carbocycles. The molecule has 7 nitrogen and oxygen atoms in total. The number of hydrogen-bond donors (Lipinski definition) is 1. The number of halogens is 1. The zero-order valence-corrected chi connectivity index (χ0v) is 18.0. The Kier molecular flexibility index (Phi) is 6.31. The summed E-state index contributed by atoms with van der Waals surface area (Å²) >= 11 is 0. The van der Waals surface area contributed by atoms with Gasteiger partial charge >= 0.3 is 6.09 Å². The van der Waals surface area contributed by atoms with Gasteiger partial charge in [0, 0.05) is 38.3 Å². The number of guanidine groups is 1. The summed E-state index contributed by atoms with van der Waals surface area (Å²) in [5.74, 6) is 0.663. The van der Waals surface area contributed by atoms with Gasteiger partial charge in [0.25, 0.3) is 0 Å². The second kappa shape index (κ2) is 8.57. The van der Waals surface area contributed by atoms with Crippen LogP contribution in [0.3, 0.4) is 0 Å². The maximum Gasteiger partial charge on any atom is 0.410 e. The number of fused-ring (bicyclic) bond motifs is 1. The van der Waals surface area contributed by atoms with E-state index in [0.717, 1.165) is 11.5 Å². The van der Waals surface area contributed by atoms with Gasteiger partial charge in [-0.2, -0.15) is 0 Å². The lowest BCUT2D eigenvalue weighted by molar-refractivity contribution is 0.0137. The summed E-state index contributed by atoms with van der Waals surface area (Å²) in [5, 5.41) is 3.38. The van der Waals surface area contributed by atoms with Crippen LogP contribution >= 0.6 is 0 Å². The van der Waals surface area contributed by atoms with Crippen LogP contribution in [-0.2, 0) is 17.8 Å². The summed E-state index contributed by atoms with van der Waals surface area (Å²) in [6.07, 6.45) is -0.265. The molecule has 1 unspecified atom stereocenters. The molecule has 1 fully saturated rings. The minimum atomic E-state index is -0.492. The van der Waals surface area contributed by atoms with Gasteiger partial charge < -0.3 is 24.8 Å². The normalized spacial score (nSPS) is 19.3. The number of aliphatic imine (C=N–C) groups is 1. The van der Waals surface area contributed by atoms with Gasteiger partial charge in [-0.15, -0.1) is 0 Å². The summed E-state index contributed by atoms with van der Waals surface area (Å²) < 4.78 is 19.5. The Morgan fingerprint density at radius 2 is 2.10 bits per heavy atom. The average Bonchev–Trinajstić information content (AvgIpc) is 3.03. The molecule has 0 spiro atoms. The average molecular weight is 406 g/mol. The van der Waals surface area contributed by atoms with Gasteiger partial charge in [-0.25, -0.2) is 9.18 Å². The van der Waals surface area contributed by atoms with E-state index in [1.54, 1.807) is 11.0 Å². The quantitative estimate of drug-likeness (QED) is 0.833. The molecule has 2 aliphatic rings. The fourth-order valence-electron chi connectivity index (χ4n) is 3.60. The topological polar surface area (TPSA) is 60.4 Å². The summed E-state index contributed by atoms with van der Waals surface area (Å²) in [6, 6.07) is 5.38. The molecule has 1 N–H and O–H groups in total. The molecule has 3 rings (SSSR count). The van der Waals surface area contributed by atoms with E-state index in [-0.39, 0.29) is 18.0 Å². The van der Waals surface area contributed by atoms with E-state index in [2.05, 4.69) is 15.2 Å². The first-order valence-electron chi connectivity index (χ1n) is 10.1. The van der Waals surface area contributed by atoms with Crippen LogP contribution < -0.4 is 5.32 Å². The molecule has 1 aromatic carbocycles. The summed E-state index contributed by atoms with van der Waals surface area (Å²) in [4.78, 5) is 22.9. The molecule has 0 radical (unpaired) electrons. The lowest BCUT2D eigenvalue weighted by Gasteiger charge is -2.39. The van der Waals surface area contributed by atoms with Crippen LogP contribution in [0.4, 0.5) is 9.18 Å². The SMILES string of the molecule is CN(C)Cc1cc(CNC2=NCC3CN(C(=O)OC(C)(C)C)CCN23)ccc1F. The molecule has 0 bridgehead atoms. The Morgan fingerprint density at radius 3 is 2.79 bits per heavy atom. The van der Waals surface area contributed by atoms with Crippen LogP contribution in [0.15, 0.2) is 23.2 Å². The third-order valence-corrected chi connectivity index (χ3v) is 4.91. The highest BCUT2D eigenvalue weighted by Crippen LogP contribution is 2.19. The molecule has 1 amide bonds. The highest BCUT2D eigenvalue weighted by Gasteiger charge is 2.36. The minimum Gasteiger partial charge on any atom is -0.444 e. The predicted octanol–water partition coefficient (Wildman–Crippen LogP) is 2.27. The second-order valence-electron chi connectivity index (χ2n) is 8.95. The molecule has 0 aromatic heterocycles. The van der Waals surface area contributed by atoms with Crippen molar-refractivity contribution in [2.75, 3.05) is 40.3 Å². The molecule has 2 aliphatic heterocycles. The van der Waals surface area contributed by atoms with E-state index in [1.807, 2.05) is 45.8 Å². The molecule has 1 saturated heterocycles. The number of piperazine rings is 1. The van der Waals surface area contributed by atoms with Crippen molar-refractivity contribution in [1.82, 2.24) is 20.0 Å². The lowest BCUT2D eigenvalue weighted by atomic mass is 10.1. The molecule has 0 saturated carbocycles. The van der Waals surface area contributed by atoms with E-state index < -0.39 is 5.60 Å². The van der Waals surface area contributed by atoms with Gasteiger partial charge in [-0.3, -0.25) is 4.99 Å². The maximum atomic E-state index is 14.0. The van der Waals surface area contributed by atoms with Crippen molar-refractivity contribution >= 4 is 12.1 Å². The van der Waals surface area contributed by atoms with Crippen molar-refractivity contribution in [1.29, 1.82) is 0 Å². The number of amides is 1. The van der Waals surface area contributed by atoms with Crippen molar-refractivity contribution in [2.24, 2.45) is 4.99 Å². The fraction of sp³-hybridized carbons (Fsp3) is 0.619. The van der Waals surface area contributed by atoms with Crippen molar-refractivity contribution in [3.8, 4) is 0 Å². The number of benzene rings is 1. The number of rotatable bonds is 4. The van der Waals surface area contributed by atoms with Crippen molar-refractivity contribution in [3.63, 3.8) is 0 Å². The van der Waals surface area contributed by atoms with Gasteiger partial charge in [0.1, 0.15) is 11.4 Å². The van der Waals surface area contributed by atoms with Crippen molar-refractivity contribution in [2.45, 2.75) is 45.5 Å². The Balaban J connectivity index is 1.54. The van der Waals surface area contributed by atoms with Crippen LogP contribution in [0.25, 0.3) is 0 Å². The van der Waals surface area contributed by atoms with Gasteiger partial charge in [0.2, 0.25) is 0 Å². The Bertz CT molecular complexity index is 775. The molecular formula is C21H32FN5O2. The minimum absolute atomic E-state index is 0.163. The van der Waals surface area contributed by atoms with Crippen molar-refractivity contribution in [3.05, 3.63) is 35.1 Å². The number of ether oxygens (including phenoxy) is 1. The van der Waals surface area contributed by atoms with E-state index in [4.69, 9.17) is 4.74 Å². The zero-order valence-electron chi connectivity index (χ0n) is 18.0. The molecule has 29 heavy (non-hydrogen) atoms. The van der Waals surface area contributed by atoms with E-state index >= 15 is 0 Å². The van der Waals surface area contributed by atoms with Crippen LogP contribution in [0.5, 0.6) is 0 Å². The first-order chi connectivity index (χ1) is 13.6. The number of carbonyl (C=O) groups is 1. The molecule has 8 heteroatoms. The highest BCUT2D eigenvalue weighted by atomic mass is 19.1. The predicted molar refractivity (Wildman–Crippen MR) is 111 cm³/mol. The summed E-state index contributed by atoms with van der Waals surface area (Å²) in [5.41, 5.74) is 1.21. The highest BCUT2D eigenvalue weighted by molar-refractivity contribution is 5.82. The number of nitrogens with one attached hydrogen (secondary N) is 1. The number of carbonyl (C=O) groups excluding carboxylic acids is 1. The summed E-state index contributed by atoms with van der Waals surface area (Å²) in [6.45, 7) is 9.35. The van der Waals surface area contributed by atoms with E-state index in [0.29, 0.717) is 44.8 Å². The second-order valence-corrected chi connectivity index (χ2v) is 8.95. The van der Waals surface area contributed by atoms with Crippen LogP contribution in [0.2, 0.25) is 0 Å². The van der Waals surface area contributed by atoms with Gasteiger partial charge in [-0.05, 0) is 52.6 Å². The first kappa shape index (κ1) is 21.4. The molecular weight excluding hydrogens is 373 g/mol. The van der Waals surface area contributed by atoms with Gasteiger partial charge in [-0.1, -0.05) is 6.07 Å². The molecule has 160 valence electrons. The molecule has 1 atom stereocenters. The van der Waals surface area contributed by atoms with Crippen LogP contribution in [0, 0.1) is 5.82 Å². The van der Waals surface area contributed by atoms with Gasteiger partial charge in [0.05, 0.1) is 12.6 Å². The van der Waals surface area contributed by atoms with E-state index in [9.17, 15) is 9.18 Å². The monoisotopic (exact) mass is 405 g/mol. The summed E-state index contributed by atoms with van der Waals surface area (Å²) in [7, 11) is 3.85. The van der Waals surface area contributed by atoms with E-state index in [1.165, 1.54) is 6.07 Å². The smallest absolute Gasteiger partial charge is 0.410 e. The third-order valence-electron chi connectivity index (χ3n) is 4.91. The molecule has 1 aromatic rings. The van der Waals surface area contributed by atoms with Crippen LogP contribution in [0.1, 0.15) is 31.9 Å². The lowest BCUT2D eigenvalue weighted by Crippen LogP contribution is -2.57. The molecule has 2 heterocycles. The largest absolute Gasteiger partial charge is 0.444 e. The van der Waals surface area contributed by atoms with Gasteiger partial charge in [0.15, 0.2) is 5.96 Å². The maximum absolute atomic E-state index is 14.0. The number of hydrogen-bond acceptors (Lipinski definition) is 6. The standard InChI is InChI=1S/C21H32FN5O2/c1-21(2,3)29-20(28)26-8-9-27-17(14-26)12-24-19(27)23-11-15-6-7-18(22)16(10-15)13-25(4)5/h6-7,10,17H,8-9,11-14H2,1-5H3,(H,23,24). The van der Waals surface area contributed by atoms with Crippen LogP contribution in [-0.4, -0.2) is 78.7 Å². The Labute approximate surface area is 172 Å². The first-order valence-corrected chi connectivity index (χ1v) is 10.1.